The van der Waals surface area contributed by atoms with Gasteiger partial charge in [-0.3, -0.25) is 0 Å². The second-order valence-electron chi connectivity index (χ2n) is 4.11. The van der Waals surface area contributed by atoms with Gasteiger partial charge in [-0.15, -0.1) is 0 Å². The highest BCUT2D eigenvalue weighted by Crippen LogP contribution is 2.33. The summed E-state index contributed by atoms with van der Waals surface area (Å²) in [7, 11) is 0. The molecule has 0 aliphatic heterocycles. The number of benzene rings is 2. The van der Waals surface area contributed by atoms with E-state index in [2.05, 4.69) is 5.32 Å². The molecule has 2 aromatic rings. The highest BCUT2D eigenvalue weighted by atomic mass is 35.5. The molecular weight excluding hydrogens is 291 g/mol. The number of hydrogen-bond acceptors (Lipinski definition) is 1. The maximum atomic E-state index is 13.7. The van der Waals surface area contributed by atoms with E-state index in [0.29, 0.717) is 15.7 Å². The molecule has 1 nitrogen and oxygen atoms in total. The van der Waals surface area contributed by atoms with Crippen molar-refractivity contribution in [2.75, 3.05) is 5.32 Å². The minimum atomic E-state index is -0.878. The van der Waals surface area contributed by atoms with Crippen LogP contribution in [0.3, 0.4) is 0 Å². The van der Waals surface area contributed by atoms with Crippen LogP contribution >= 0.6 is 23.2 Å². The van der Waals surface area contributed by atoms with Gasteiger partial charge in [0.25, 0.3) is 0 Å². The summed E-state index contributed by atoms with van der Waals surface area (Å²) in [6.45, 7) is 1.71. The molecule has 0 radical (unpaired) electrons. The van der Waals surface area contributed by atoms with Gasteiger partial charge < -0.3 is 5.32 Å². The van der Waals surface area contributed by atoms with E-state index in [1.807, 2.05) is 0 Å². The molecule has 19 heavy (non-hydrogen) atoms. The normalized spacial score (nSPS) is 12.3. The molecule has 0 aromatic heterocycles. The summed E-state index contributed by atoms with van der Waals surface area (Å²) in [5.74, 6) is -1.75. The van der Waals surface area contributed by atoms with E-state index in [-0.39, 0.29) is 5.56 Å². The molecule has 1 N–H and O–H groups in total. The molecule has 0 bridgehead atoms. The van der Waals surface area contributed by atoms with Crippen LogP contribution in [-0.4, -0.2) is 0 Å². The van der Waals surface area contributed by atoms with Crippen LogP contribution in [0.15, 0.2) is 36.4 Å². The number of hydrogen-bond donors (Lipinski definition) is 1. The first-order valence-corrected chi connectivity index (χ1v) is 6.40. The zero-order valence-electron chi connectivity index (χ0n) is 10.1. The van der Waals surface area contributed by atoms with E-state index < -0.39 is 17.7 Å². The van der Waals surface area contributed by atoms with E-state index in [1.54, 1.807) is 25.1 Å². The average molecular weight is 302 g/mol. The van der Waals surface area contributed by atoms with E-state index >= 15 is 0 Å². The second-order valence-corrected chi connectivity index (χ2v) is 4.92. The minimum Gasteiger partial charge on any atom is -0.376 e. The molecule has 0 amide bonds. The quantitative estimate of drug-likeness (QED) is 0.795. The van der Waals surface area contributed by atoms with Crippen LogP contribution in [0.5, 0.6) is 0 Å². The fourth-order valence-corrected chi connectivity index (χ4v) is 2.29. The van der Waals surface area contributed by atoms with Gasteiger partial charge in [-0.25, -0.2) is 8.78 Å². The van der Waals surface area contributed by atoms with Crippen molar-refractivity contribution in [1.82, 2.24) is 0 Å². The lowest BCUT2D eigenvalue weighted by atomic mass is 10.1. The third-order valence-electron chi connectivity index (χ3n) is 2.77. The van der Waals surface area contributed by atoms with Crippen LogP contribution in [0.4, 0.5) is 14.5 Å². The van der Waals surface area contributed by atoms with Gasteiger partial charge in [0.1, 0.15) is 0 Å². The number of rotatable bonds is 3. The number of anilines is 1. The summed E-state index contributed by atoms with van der Waals surface area (Å²) < 4.78 is 26.9. The first-order valence-electron chi connectivity index (χ1n) is 5.65. The summed E-state index contributed by atoms with van der Waals surface area (Å²) in [6.07, 6.45) is 0. The third kappa shape index (κ3) is 2.99. The molecule has 1 atom stereocenters. The summed E-state index contributed by atoms with van der Waals surface area (Å²) in [5, 5.41) is 3.85. The standard InChI is InChI=1S/C14H11Cl2F2N/c1-8(9-4-2-7-12(17)13(9)18)19-14-10(15)5-3-6-11(14)16/h2-8,19H,1H3. The fraction of sp³-hybridized carbons (Fsp3) is 0.143. The van der Waals surface area contributed by atoms with Gasteiger partial charge in [0, 0.05) is 5.56 Å². The van der Waals surface area contributed by atoms with Crippen LogP contribution in [0, 0.1) is 11.6 Å². The van der Waals surface area contributed by atoms with Crippen LogP contribution in [0.1, 0.15) is 18.5 Å². The first kappa shape index (κ1) is 14.1. The van der Waals surface area contributed by atoms with Gasteiger partial charge >= 0.3 is 0 Å². The van der Waals surface area contributed by atoms with Gasteiger partial charge in [-0.1, -0.05) is 41.4 Å². The summed E-state index contributed by atoms with van der Waals surface area (Å²) in [5.41, 5.74) is 0.720. The molecular formula is C14H11Cl2F2N. The van der Waals surface area contributed by atoms with Crippen molar-refractivity contribution in [3.8, 4) is 0 Å². The first-order chi connectivity index (χ1) is 9.00. The second kappa shape index (κ2) is 5.76. The number of halogens is 4. The molecule has 0 aliphatic rings. The molecule has 1 unspecified atom stereocenters. The van der Waals surface area contributed by atoms with Gasteiger partial charge in [-0.05, 0) is 25.1 Å². The van der Waals surface area contributed by atoms with Gasteiger partial charge in [0.15, 0.2) is 11.6 Å². The molecule has 5 heteroatoms. The third-order valence-corrected chi connectivity index (χ3v) is 3.40. The maximum absolute atomic E-state index is 13.7. The van der Waals surface area contributed by atoms with Crippen molar-refractivity contribution >= 4 is 28.9 Å². The fourth-order valence-electron chi connectivity index (χ4n) is 1.78. The van der Waals surface area contributed by atoms with Crippen molar-refractivity contribution in [1.29, 1.82) is 0 Å². The molecule has 0 spiro atoms. The molecule has 0 saturated carbocycles. The van der Waals surface area contributed by atoms with Crippen molar-refractivity contribution in [2.24, 2.45) is 0 Å². The molecule has 2 aromatic carbocycles. The monoisotopic (exact) mass is 301 g/mol. The van der Waals surface area contributed by atoms with Crippen molar-refractivity contribution in [3.63, 3.8) is 0 Å². The molecule has 0 aliphatic carbocycles. The van der Waals surface area contributed by atoms with Gasteiger partial charge in [-0.2, -0.15) is 0 Å². The topological polar surface area (TPSA) is 12.0 Å². The van der Waals surface area contributed by atoms with Crippen LogP contribution < -0.4 is 5.32 Å². The Balaban J connectivity index is 2.31. The maximum Gasteiger partial charge on any atom is 0.164 e. The Hall–Kier alpha value is -1.32. The minimum absolute atomic E-state index is 0.219. The van der Waals surface area contributed by atoms with E-state index in [0.717, 1.165) is 6.07 Å². The summed E-state index contributed by atoms with van der Waals surface area (Å²) in [6, 6.07) is 8.64. The van der Waals surface area contributed by atoms with Crippen LogP contribution in [-0.2, 0) is 0 Å². The largest absolute Gasteiger partial charge is 0.376 e. The lowest BCUT2D eigenvalue weighted by molar-refractivity contribution is 0.494. The average Bonchev–Trinajstić information content (AvgIpc) is 2.37. The number of para-hydroxylation sites is 1. The Kier molecular flexibility index (Phi) is 4.27. The molecule has 0 fully saturated rings. The predicted molar refractivity (Wildman–Crippen MR) is 74.9 cm³/mol. The molecule has 2 rings (SSSR count). The Labute approximate surface area is 120 Å². The summed E-state index contributed by atoms with van der Waals surface area (Å²) >= 11 is 12.0. The zero-order valence-corrected chi connectivity index (χ0v) is 11.6. The Morgan fingerprint density at radius 1 is 1.00 bits per heavy atom. The summed E-state index contributed by atoms with van der Waals surface area (Å²) in [4.78, 5) is 0. The van der Waals surface area contributed by atoms with Crippen molar-refractivity contribution in [2.45, 2.75) is 13.0 Å². The van der Waals surface area contributed by atoms with E-state index in [1.165, 1.54) is 12.1 Å². The lowest BCUT2D eigenvalue weighted by Crippen LogP contribution is -2.10. The van der Waals surface area contributed by atoms with E-state index in [4.69, 9.17) is 23.2 Å². The highest BCUT2D eigenvalue weighted by Gasteiger charge is 2.16. The molecule has 0 heterocycles. The molecule has 100 valence electrons. The Morgan fingerprint density at radius 3 is 2.21 bits per heavy atom. The van der Waals surface area contributed by atoms with Gasteiger partial charge in [0.05, 0.1) is 21.8 Å². The smallest absolute Gasteiger partial charge is 0.164 e. The van der Waals surface area contributed by atoms with Crippen LogP contribution in [0.25, 0.3) is 0 Å². The van der Waals surface area contributed by atoms with Crippen molar-refractivity contribution < 1.29 is 8.78 Å². The predicted octanol–water partition coefficient (Wildman–Crippen LogP) is 5.44. The Morgan fingerprint density at radius 2 is 1.58 bits per heavy atom. The Bertz CT molecular complexity index is 582. The van der Waals surface area contributed by atoms with Crippen molar-refractivity contribution in [3.05, 3.63) is 63.6 Å². The number of nitrogens with one attached hydrogen (secondary N) is 1. The molecule has 0 saturated heterocycles. The van der Waals surface area contributed by atoms with Crippen LogP contribution in [0.2, 0.25) is 10.0 Å². The van der Waals surface area contributed by atoms with E-state index in [9.17, 15) is 8.78 Å². The van der Waals surface area contributed by atoms with Gasteiger partial charge in [0.2, 0.25) is 0 Å². The lowest BCUT2D eigenvalue weighted by Gasteiger charge is -2.18. The highest BCUT2D eigenvalue weighted by molar-refractivity contribution is 6.39. The zero-order chi connectivity index (χ0) is 14.0. The SMILES string of the molecule is CC(Nc1c(Cl)cccc1Cl)c1cccc(F)c1F.